The Morgan fingerprint density at radius 3 is 2.61 bits per heavy atom. The van der Waals surface area contributed by atoms with Crippen LogP contribution in [0.4, 0.5) is 11.4 Å². The molecule has 7 nitrogen and oxygen atoms in total. The van der Waals surface area contributed by atoms with Gasteiger partial charge in [0.2, 0.25) is 15.9 Å². The van der Waals surface area contributed by atoms with Crippen molar-refractivity contribution < 1.29 is 22.7 Å². The van der Waals surface area contributed by atoms with Crippen molar-refractivity contribution >= 4 is 43.2 Å². The van der Waals surface area contributed by atoms with Crippen molar-refractivity contribution in [3.63, 3.8) is 0 Å². The maximum absolute atomic E-state index is 12.3. The normalized spacial score (nSPS) is 13.1. The lowest BCUT2D eigenvalue weighted by Crippen LogP contribution is -2.31. The first kappa shape index (κ1) is 20.5. The monoisotopic (exact) mass is 468 g/mol. The molecule has 0 atom stereocenters. The summed E-state index contributed by atoms with van der Waals surface area (Å²) in [4.78, 5) is 12.2. The number of nitrogens with one attached hydrogen (secondary N) is 1. The van der Waals surface area contributed by atoms with Crippen molar-refractivity contribution in [2.24, 2.45) is 0 Å². The summed E-state index contributed by atoms with van der Waals surface area (Å²) in [6, 6.07) is 12.3. The van der Waals surface area contributed by atoms with Crippen molar-refractivity contribution in [3.8, 4) is 11.5 Å². The number of sulfonamides is 1. The molecule has 3 rings (SSSR count). The fourth-order valence-corrected chi connectivity index (χ4v) is 4.20. The topological polar surface area (TPSA) is 84.9 Å². The van der Waals surface area contributed by atoms with Gasteiger partial charge in [0.25, 0.3) is 0 Å². The van der Waals surface area contributed by atoms with Crippen LogP contribution in [0, 0.1) is 0 Å². The van der Waals surface area contributed by atoms with Gasteiger partial charge >= 0.3 is 0 Å². The highest BCUT2D eigenvalue weighted by Crippen LogP contribution is 2.34. The minimum Gasteiger partial charge on any atom is -0.486 e. The summed E-state index contributed by atoms with van der Waals surface area (Å²) in [7, 11) is -3.51. The summed E-state index contributed by atoms with van der Waals surface area (Å²) < 4.78 is 37.7. The van der Waals surface area contributed by atoms with E-state index in [-0.39, 0.29) is 18.9 Å². The SMILES string of the molecule is CS(=O)(=O)N(CCCC(=O)Nc1cccc(Br)c1)c1ccc2c(c1)OCCO2. The average molecular weight is 469 g/mol. The van der Waals surface area contributed by atoms with Gasteiger partial charge in [-0.25, -0.2) is 8.42 Å². The molecule has 0 saturated carbocycles. The fourth-order valence-electron chi connectivity index (χ4n) is 2.85. The van der Waals surface area contributed by atoms with Crippen LogP contribution in [-0.2, 0) is 14.8 Å². The molecule has 2 aromatic carbocycles. The second-order valence-electron chi connectivity index (χ2n) is 6.33. The summed E-state index contributed by atoms with van der Waals surface area (Å²) in [6.45, 7) is 1.07. The zero-order chi connectivity index (χ0) is 20.1. The first-order chi connectivity index (χ1) is 13.3. The van der Waals surface area contributed by atoms with E-state index in [9.17, 15) is 13.2 Å². The second kappa shape index (κ2) is 8.83. The quantitative estimate of drug-likeness (QED) is 0.672. The fraction of sp³-hybridized carbons (Fsp3) is 0.316. The van der Waals surface area contributed by atoms with Crippen molar-refractivity contribution in [1.29, 1.82) is 0 Å². The van der Waals surface area contributed by atoms with Gasteiger partial charge in [0.1, 0.15) is 13.2 Å². The van der Waals surface area contributed by atoms with Gasteiger partial charge in [-0.15, -0.1) is 0 Å². The lowest BCUT2D eigenvalue weighted by Gasteiger charge is -2.25. The van der Waals surface area contributed by atoms with E-state index < -0.39 is 10.0 Å². The van der Waals surface area contributed by atoms with Crippen LogP contribution in [0.2, 0.25) is 0 Å². The Hall–Kier alpha value is -2.26. The van der Waals surface area contributed by atoms with E-state index in [1.807, 2.05) is 12.1 Å². The molecular weight excluding hydrogens is 448 g/mol. The molecule has 0 radical (unpaired) electrons. The van der Waals surface area contributed by atoms with Gasteiger partial charge in [-0.3, -0.25) is 9.10 Å². The molecule has 9 heteroatoms. The van der Waals surface area contributed by atoms with Crippen LogP contribution in [-0.4, -0.2) is 40.3 Å². The number of hydrogen-bond acceptors (Lipinski definition) is 5. The Morgan fingerprint density at radius 2 is 1.89 bits per heavy atom. The Labute approximate surface area is 172 Å². The maximum Gasteiger partial charge on any atom is 0.232 e. The Bertz CT molecular complexity index is 965. The molecule has 0 saturated heterocycles. The highest BCUT2D eigenvalue weighted by Gasteiger charge is 2.21. The number of halogens is 1. The predicted octanol–water partition coefficient (Wildman–Crippen LogP) is 3.41. The summed E-state index contributed by atoms with van der Waals surface area (Å²) >= 11 is 3.35. The average Bonchev–Trinajstić information content (AvgIpc) is 2.64. The summed E-state index contributed by atoms with van der Waals surface area (Å²) in [5.74, 6) is 0.940. The second-order valence-corrected chi connectivity index (χ2v) is 9.15. The number of ether oxygens (including phenoxy) is 2. The zero-order valence-electron chi connectivity index (χ0n) is 15.4. The van der Waals surface area contributed by atoms with Crippen LogP contribution in [0.25, 0.3) is 0 Å². The third-order valence-corrected chi connectivity index (χ3v) is 5.77. The number of fused-ring (bicyclic) bond motifs is 1. The maximum atomic E-state index is 12.3. The lowest BCUT2D eigenvalue weighted by molar-refractivity contribution is -0.116. The number of benzene rings is 2. The van der Waals surface area contributed by atoms with Gasteiger partial charge in [-0.1, -0.05) is 22.0 Å². The number of amides is 1. The van der Waals surface area contributed by atoms with Gasteiger partial charge in [0, 0.05) is 29.2 Å². The van der Waals surface area contributed by atoms with Crippen molar-refractivity contribution in [1.82, 2.24) is 0 Å². The van der Waals surface area contributed by atoms with E-state index in [2.05, 4.69) is 21.2 Å². The molecule has 0 spiro atoms. The smallest absolute Gasteiger partial charge is 0.232 e. The molecule has 1 heterocycles. The highest BCUT2D eigenvalue weighted by molar-refractivity contribution is 9.10. The molecule has 2 aromatic rings. The number of rotatable bonds is 7. The first-order valence-corrected chi connectivity index (χ1v) is 11.4. The van der Waals surface area contributed by atoms with E-state index in [1.165, 1.54) is 4.31 Å². The minimum absolute atomic E-state index is 0.172. The first-order valence-electron chi connectivity index (χ1n) is 8.76. The summed E-state index contributed by atoms with van der Waals surface area (Å²) in [5, 5.41) is 2.80. The van der Waals surface area contributed by atoms with Gasteiger partial charge in [0.15, 0.2) is 11.5 Å². The Morgan fingerprint density at radius 1 is 1.14 bits per heavy atom. The third kappa shape index (κ3) is 5.39. The third-order valence-electron chi connectivity index (χ3n) is 4.09. The molecule has 1 aliphatic rings. The van der Waals surface area contributed by atoms with Crippen LogP contribution >= 0.6 is 15.9 Å². The van der Waals surface area contributed by atoms with E-state index >= 15 is 0 Å². The minimum atomic E-state index is -3.51. The molecule has 0 aromatic heterocycles. The standard InChI is InChI=1S/C19H21BrN2O5S/c1-28(24,25)22(16-7-8-17-18(13-16)27-11-10-26-17)9-3-6-19(23)21-15-5-2-4-14(20)12-15/h2,4-5,7-8,12-13H,3,6,9-11H2,1H3,(H,21,23). The zero-order valence-corrected chi connectivity index (χ0v) is 17.8. The van der Waals surface area contributed by atoms with Crippen molar-refractivity contribution in [3.05, 3.63) is 46.9 Å². The van der Waals surface area contributed by atoms with Gasteiger partial charge in [-0.2, -0.15) is 0 Å². The molecule has 0 unspecified atom stereocenters. The molecule has 1 aliphatic heterocycles. The van der Waals surface area contributed by atoms with E-state index in [0.29, 0.717) is 42.5 Å². The molecule has 1 N–H and O–H groups in total. The van der Waals surface area contributed by atoms with Crippen LogP contribution in [0.1, 0.15) is 12.8 Å². The molecule has 0 fully saturated rings. The van der Waals surface area contributed by atoms with Crippen LogP contribution in [0.15, 0.2) is 46.9 Å². The number of hydrogen-bond donors (Lipinski definition) is 1. The van der Waals surface area contributed by atoms with E-state index in [4.69, 9.17) is 9.47 Å². The Kier molecular flexibility index (Phi) is 6.46. The van der Waals surface area contributed by atoms with Crippen LogP contribution in [0.3, 0.4) is 0 Å². The number of anilines is 2. The molecular formula is C19H21BrN2O5S. The number of carbonyl (C=O) groups is 1. The highest BCUT2D eigenvalue weighted by atomic mass is 79.9. The molecule has 28 heavy (non-hydrogen) atoms. The number of carbonyl (C=O) groups excluding carboxylic acids is 1. The van der Waals surface area contributed by atoms with Crippen molar-refractivity contribution in [2.45, 2.75) is 12.8 Å². The van der Waals surface area contributed by atoms with Crippen molar-refractivity contribution in [2.75, 3.05) is 35.6 Å². The van der Waals surface area contributed by atoms with E-state index in [1.54, 1.807) is 30.3 Å². The molecule has 0 bridgehead atoms. The molecule has 1 amide bonds. The largest absolute Gasteiger partial charge is 0.486 e. The lowest BCUT2D eigenvalue weighted by atomic mass is 10.2. The van der Waals surface area contributed by atoms with Gasteiger partial charge in [-0.05, 0) is 36.8 Å². The van der Waals surface area contributed by atoms with Gasteiger partial charge < -0.3 is 14.8 Å². The van der Waals surface area contributed by atoms with Gasteiger partial charge in [0.05, 0.1) is 11.9 Å². The molecule has 150 valence electrons. The Balaban J connectivity index is 1.63. The number of nitrogens with zero attached hydrogens (tertiary/aromatic N) is 1. The van der Waals surface area contributed by atoms with E-state index in [0.717, 1.165) is 10.7 Å². The summed E-state index contributed by atoms with van der Waals surface area (Å²) in [5.41, 5.74) is 1.17. The predicted molar refractivity (Wildman–Crippen MR) is 112 cm³/mol. The van der Waals surface area contributed by atoms with Crippen LogP contribution in [0.5, 0.6) is 11.5 Å². The molecule has 0 aliphatic carbocycles. The summed E-state index contributed by atoms with van der Waals surface area (Å²) in [6.07, 6.45) is 1.72. The van der Waals surface area contributed by atoms with Crippen LogP contribution < -0.4 is 19.1 Å².